The number of hydrogen-bond donors (Lipinski definition) is 0. The molecule has 4 nitrogen and oxygen atoms in total. The van der Waals surface area contributed by atoms with Crippen LogP contribution in [0.15, 0.2) is 55.8 Å². The molecule has 0 radical (unpaired) electrons. The van der Waals surface area contributed by atoms with E-state index in [0.717, 1.165) is 16.3 Å². The van der Waals surface area contributed by atoms with E-state index >= 15 is 0 Å². The zero-order valence-electron chi connectivity index (χ0n) is 11.3. The van der Waals surface area contributed by atoms with Gasteiger partial charge in [0.05, 0.1) is 17.7 Å². The summed E-state index contributed by atoms with van der Waals surface area (Å²) < 4.78 is 16.2. The molecule has 0 fully saturated rings. The van der Waals surface area contributed by atoms with Gasteiger partial charge < -0.3 is 13.6 Å². The Bertz CT molecular complexity index is 848. The third kappa shape index (κ3) is 2.32. The van der Waals surface area contributed by atoms with Gasteiger partial charge in [-0.15, -0.1) is 0 Å². The second kappa shape index (κ2) is 4.89. The standard InChI is InChI=1S/C16H14O4/c1-10(2)3-5-19-14-9-16(17)20-15-8-13-11(4-6-18-13)7-12(14)15/h3-4,6-9H,5H2,1-2H3. The van der Waals surface area contributed by atoms with Crippen LogP contribution in [0.1, 0.15) is 13.8 Å². The second-order valence-electron chi connectivity index (χ2n) is 4.83. The van der Waals surface area contributed by atoms with E-state index in [-0.39, 0.29) is 0 Å². The molecule has 0 N–H and O–H groups in total. The average molecular weight is 270 g/mol. The van der Waals surface area contributed by atoms with Crippen LogP contribution in [0.2, 0.25) is 0 Å². The summed E-state index contributed by atoms with van der Waals surface area (Å²) in [4.78, 5) is 11.6. The van der Waals surface area contributed by atoms with Crippen LogP contribution < -0.4 is 10.4 Å². The van der Waals surface area contributed by atoms with E-state index in [1.165, 1.54) is 6.07 Å². The monoisotopic (exact) mass is 270 g/mol. The summed E-state index contributed by atoms with van der Waals surface area (Å²) in [5.74, 6) is 0.525. The van der Waals surface area contributed by atoms with Crippen molar-refractivity contribution >= 4 is 21.9 Å². The normalized spacial score (nSPS) is 10.9. The Morgan fingerprint density at radius 3 is 2.90 bits per heavy atom. The molecule has 2 heterocycles. The summed E-state index contributed by atoms with van der Waals surface area (Å²) in [6.45, 7) is 4.41. The van der Waals surface area contributed by atoms with Gasteiger partial charge in [-0.05, 0) is 32.1 Å². The maximum absolute atomic E-state index is 11.6. The summed E-state index contributed by atoms with van der Waals surface area (Å²) >= 11 is 0. The van der Waals surface area contributed by atoms with Crippen LogP contribution in [0.4, 0.5) is 0 Å². The Kier molecular flexibility index (Phi) is 3.06. The summed E-state index contributed by atoms with van der Waals surface area (Å²) in [5.41, 5.74) is 1.87. The molecule has 0 aliphatic heterocycles. The third-order valence-electron chi connectivity index (χ3n) is 3.01. The number of hydrogen-bond acceptors (Lipinski definition) is 4. The topological polar surface area (TPSA) is 52.6 Å². The highest BCUT2D eigenvalue weighted by Crippen LogP contribution is 2.29. The first kappa shape index (κ1) is 12.5. The molecular weight excluding hydrogens is 256 g/mol. The Balaban J connectivity index is 2.13. The predicted octanol–water partition coefficient (Wildman–Crippen LogP) is 3.88. The molecule has 4 heteroatoms. The molecule has 0 amide bonds. The van der Waals surface area contributed by atoms with Crippen LogP contribution in [0, 0.1) is 0 Å². The van der Waals surface area contributed by atoms with Gasteiger partial charge >= 0.3 is 5.63 Å². The highest BCUT2D eigenvalue weighted by atomic mass is 16.5. The van der Waals surface area contributed by atoms with E-state index < -0.39 is 5.63 Å². The molecule has 0 unspecified atom stereocenters. The summed E-state index contributed by atoms with van der Waals surface area (Å²) in [7, 11) is 0. The summed E-state index contributed by atoms with van der Waals surface area (Å²) in [6, 6.07) is 6.83. The van der Waals surface area contributed by atoms with Crippen LogP contribution in [0.3, 0.4) is 0 Å². The Morgan fingerprint density at radius 2 is 2.10 bits per heavy atom. The first-order chi connectivity index (χ1) is 9.63. The fourth-order valence-corrected chi connectivity index (χ4v) is 2.01. The number of fused-ring (bicyclic) bond motifs is 2. The van der Waals surface area contributed by atoms with Crippen molar-refractivity contribution in [3.63, 3.8) is 0 Å². The van der Waals surface area contributed by atoms with E-state index in [1.807, 2.05) is 32.1 Å². The van der Waals surface area contributed by atoms with Gasteiger partial charge in [0.15, 0.2) is 0 Å². The van der Waals surface area contributed by atoms with Crippen molar-refractivity contribution < 1.29 is 13.6 Å². The Morgan fingerprint density at radius 1 is 1.25 bits per heavy atom. The van der Waals surface area contributed by atoms with Crippen molar-refractivity contribution in [3.8, 4) is 5.75 Å². The van der Waals surface area contributed by atoms with Crippen LogP contribution >= 0.6 is 0 Å². The lowest BCUT2D eigenvalue weighted by Crippen LogP contribution is -2.02. The van der Waals surface area contributed by atoms with Gasteiger partial charge in [0.25, 0.3) is 0 Å². The molecule has 2 aromatic heterocycles. The molecule has 1 aromatic carbocycles. The van der Waals surface area contributed by atoms with Crippen molar-refractivity contribution in [3.05, 3.63) is 52.6 Å². The van der Waals surface area contributed by atoms with Crippen molar-refractivity contribution in [2.24, 2.45) is 0 Å². The van der Waals surface area contributed by atoms with Gasteiger partial charge in [0.2, 0.25) is 0 Å². The Labute approximate surface area is 115 Å². The molecule has 0 atom stereocenters. The zero-order valence-corrected chi connectivity index (χ0v) is 11.3. The smallest absolute Gasteiger partial charge is 0.339 e. The van der Waals surface area contributed by atoms with Crippen molar-refractivity contribution in [1.82, 2.24) is 0 Å². The lowest BCUT2D eigenvalue weighted by Gasteiger charge is -2.06. The van der Waals surface area contributed by atoms with E-state index in [0.29, 0.717) is 23.5 Å². The molecular formula is C16H14O4. The highest BCUT2D eigenvalue weighted by molar-refractivity contribution is 5.95. The quantitative estimate of drug-likeness (QED) is 0.535. The summed E-state index contributed by atoms with van der Waals surface area (Å²) in [5, 5.41) is 1.71. The Hall–Kier alpha value is -2.49. The number of furan rings is 1. The second-order valence-corrected chi connectivity index (χ2v) is 4.83. The van der Waals surface area contributed by atoms with Crippen LogP contribution in [-0.4, -0.2) is 6.61 Å². The molecule has 3 aromatic rings. The third-order valence-corrected chi connectivity index (χ3v) is 3.01. The van der Waals surface area contributed by atoms with Crippen LogP contribution in [0.5, 0.6) is 5.75 Å². The minimum absolute atomic E-state index is 0.421. The fraction of sp³-hybridized carbons (Fsp3) is 0.188. The lowest BCUT2D eigenvalue weighted by atomic mass is 10.1. The van der Waals surface area contributed by atoms with Crippen molar-refractivity contribution in [2.75, 3.05) is 6.61 Å². The first-order valence-corrected chi connectivity index (χ1v) is 6.35. The van der Waals surface area contributed by atoms with Crippen molar-refractivity contribution in [2.45, 2.75) is 13.8 Å². The SMILES string of the molecule is CC(C)=CCOc1cc(=O)oc2cc3occc3cc12. The van der Waals surface area contributed by atoms with Gasteiger partial charge in [0.1, 0.15) is 23.5 Å². The first-order valence-electron chi connectivity index (χ1n) is 6.35. The molecule has 0 aliphatic carbocycles. The van der Waals surface area contributed by atoms with E-state index in [1.54, 1.807) is 12.3 Å². The maximum atomic E-state index is 11.6. The number of ether oxygens (including phenoxy) is 1. The minimum Gasteiger partial charge on any atom is -0.488 e. The van der Waals surface area contributed by atoms with Gasteiger partial charge in [-0.1, -0.05) is 5.57 Å². The maximum Gasteiger partial charge on any atom is 0.339 e. The zero-order chi connectivity index (χ0) is 14.1. The van der Waals surface area contributed by atoms with Gasteiger partial charge in [0, 0.05) is 11.5 Å². The molecule has 3 rings (SSSR count). The largest absolute Gasteiger partial charge is 0.488 e. The fourth-order valence-electron chi connectivity index (χ4n) is 2.01. The number of rotatable bonds is 3. The van der Waals surface area contributed by atoms with E-state index in [2.05, 4.69) is 0 Å². The minimum atomic E-state index is -0.435. The van der Waals surface area contributed by atoms with Crippen molar-refractivity contribution in [1.29, 1.82) is 0 Å². The molecule has 102 valence electrons. The highest BCUT2D eigenvalue weighted by Gasteiger charge is 2.09. The van der Waals surface area contributed by atoms with E-state index in [9.17, 15) is 4.79 Å². The molecule has 0 spiro atoms. The van der Waals surface area contributed by atoms with Crippen LogP contribution in [0.25, 0.3) is 21.9 Å². The number of allylic oxidation sites excluding steroid dienone is 1. The molecule has 20 heavy (non-hydrogen) atoms. The lowest BCUT2D eigenvalue weighted by molar-refractivity contribution is 0.362. The molecule has 0 bridgehead atoms. The number of benzene rings is 1. The molecule has 0 saturated heterocycles. The van der Waals surface area contributed by atoms with Gasteiger partial charge in [-0.25, -0.2) is 4.79 Å². The van der Waals surface area contributed by atoms with Gasteiger partial charge in [-0.3, -0.25) is 0 Å². The average Bonchev–Trinajstić information content (AvgIpc) is 2.82. The predicted molar refractivity (Wildman–Crippen MR) is 77.2 cm³/mol. The van der Waals surface area contributed by atoms with E-state index in [4.69, 9.17) is 13.6 Å². The molecule has 0 aliphatic rings. The molecule has 0 saturated carbocycles. The van der Waals surface area contributed by atoms with Gasteiger partial charge in [-0.2, -0.15) is 0 Å². The summed E-state index contributed by atoms with van der Waals surface area (Å²) in [6.07, 6.45) is 3.56. The van der Waals surface area contributed by atoms with Crippen LogP contribution in [-0.2, 0) is 0 Å².